The Balaban J connectivity index is 1.84. The van der Waals surface area contributed by atoms with E-state index in [0.717, 1.165) is 0 Å². The zero-order valence-electron chi connectivity index (χ0n) is 13.2. The van der Waals surface area contributed by atoms with Crippen molar-refractivity contribution in [3.63, 3.8) is 0 Å². The number of carbonyl (C=O) groups is 2. The Labute approximate surface area is 137 Å². The number of amides is 2. The molecule has 1 aliphatic heterocycles. The molecule has 1 atom stereocenters. The number of piperazine rings is 1. The number of nitrogens with zero attached hydrogens (tertiary/aromatic N) is 2. The summed E-state index contributed by atoms with van der Waals surface area (Å²) in [6, 6.07) is 6.23. The normalized spacial score (nSPS) is 17.8. The van der Waals surface area contributed by atoms with Gasteiger partial charge in [0.1, 0.15) is 6.04 Å². The number of H-pyrrole nitrogens is 1. The van der Waals surface area contributed by atoms with Gasteiger partial charge in [-0.1, -0.05) is 12.1 Å². The van der Waals surface area contributed by atoms with E-state index in [1.807, 2.05) is 0 Å². The molecular formula is C16H18N4O4. The molecule has 2 heterocycles. The van der Waals surface area contributed by atoms with Crippen LogP contribution in [0.1, 0.15) is 13.3 Å². The van der Waals surface area contributed by atoms with Gasteiger partial charge in [0.2, 0.25) is 11.8 Å². The van der Waals surface area contributed by atoms with Crippen molar-refractivity contribution in [2.75, 3.05) is 13.1 Å². The second-order valence-corrected chi connectivity index (χ2v) is 5.73. The average molecular weight is 330 g/mol. The average Bonchev–Trinajstić information content (AvgIpc) is 2.57. The predicted octanol–water partition coefficient (Wildman–Crippen LogP) is -0.573. The minimum atomic E-state index is -0.545. The molecule has 0 saturated carbocycles. The molecule has 1 aromatic carbocycles. The van der Waals surface area contributed by atoms with E-state index in [1.54, 1.807) is 31.2 Å². The maximum absolute atomic E-state index is 12.4. The van der Waals surface area contributed by atoms with Crippen LogP contribution in [0.3, 0.4) is 0 Å². The summed E-state index contributed by atoms with van der Waals surface area (Å²) in [7, 11) is 0. The third kappa shape index (κ3) is 2.82. The van der Waals surface area contributed by atoms with Crippen LogP contribution >= 0.6 is 0 Å². The number of benzene rings is 1. The van der Waals surface area contributed by atoms with E-state index in [9.17, 15) is 19.2 Å². The fourth-order valence-corrected chi connectivity index (χ4v) is 2.94. The topological polar surface area (TPSA) is 104 Å². The molecule has 0 radical (unpaired) electrons. The number of aromatic amines is 1. The van der Waals surface area contributed by atoms with Gasteiger partial charge in [0, 0.05) is 26.1 Å². The first-order valence-corrected chi connectivity index (χ1v) is 7.78. The summed E-state index contributed by atoms with van der Waals surface area (Å²) in [5.74, 6) is -0.374. The Morgan fingerprint density at radius 3 is 2.79 bits per heavy atom. The number of para-hydroxylation sites is 1. The van der Waals surface area contributed by atoms with E-state index in [1.165, 1.54) is 9.47 Å². The standard InChI is InChI=1S/C16H18N4O4/c1-10-14(22)17-7-9-19(10)13(21)6-8-20-12-5-3-2-4-11(12)15(23)18-16(20)24/h2-5,10H,6-9H2,1H3,(H,17,22)(H,18,23,24). The fourth-order valence-electron chi connectivity index (χ4n) is 2.94. The number of rotatable bonds is 3. The molecule has 0 spiro atoms. The van der Waals surface area contributed by atoms with Gasteiger partial charge in [-0.15, -0.1) is 0 Å². The lowest BCUT2D eigenvalue weighted by Crippen LogP contribution is -2.56. The quantitative estimate of drug-likeness (QED) is 0.786. The molecule has 126 valence electrons. The van der Waals surface area contributed by atoms with E-state index in [-0.39, 0.29) is 24.8 Å². The SMILES string of the molecule is CC1C(=O)NCCN1C(=O)CCn1c(=O)[nH]c(=O)c2ccccc21. The molecule has 0 bridgehead atoms. The summed E-state index contributed by atoms with van der Waals surface area (Å²) in [5.41, 5.74) is -0.501. The first kappa shape index (κ1) is 16.0. The van der Waals surface area contributed by atoms with Crippen LogP contribution in [0.4, 0.5) is 0 Å². The summed E-state index contributed by atoms with van der Waals surface area (Å²) in [6.45, 7) is 2.69. The molecule has 8 nitrogen and oxygen atoms in total. The molecule has 3 rings (SSSR count). The van der Waals surface area contributed by atoms with E-state index in [0.29, 0.717) is 24.0 Å². The van der Waals surface area contributed by atoms with Gasteiger partial charge in [-0.25, -0.2) is 4.79 Å². The Hall–Kier alpha value is -2.90. The third-order valence-electron chi connectivity index (χ3n) is 4.27. The predicted molar refractivity (Wildman–Crippen MR) is 87.6 cm³/mol. The molecule has 1 aliphatic rings. The second-order valence-electron chi connectivity index (χ2n) is 5.73. The minimum Gasteiger partial charge on any atom is -0.353 e. The maximum atomic E-state index is 12.4. The highest BCUT2D eigenvalue weighted by Crippen LogP contribution is 2.10. The van der Waals surface area contributed by atoms with Crippen LogP contribution in [0.2, 0.25) is 0 Å². The van der Waals surface area contributed by atoms with Crippen molar-refractivity contribution in [3.05, 3.63) is 45.1 Å². The molecule has 1 fully saturated rings. The van der Waals surface area contributed by atoms with Gasteiger partial charge in [-0.3, -0.25) is 23.9 Å². The summed E-state index contributed by atoms with van der Waals surface area (Å²) in [5, 5.41) is 3.10. The summed E-state index contributed by atoms with van der Waals surface area (Å²) in [6.07, 6.45) is 0.0769. The highest BCUT2D eigenvalue weighted by Gasteiger charge is 2.28. The number of nitrogens with one attached hydrogen (secondary N) is 2. The lowest BCUT2D eigenvalue weighted by molar-refractivity contribution is -0.142. The van der Waals surface area contributed by atoms with Crippen LogP contribution in [0.25, 0.3) is 10.9 Å². The van der Waals surface area contributed by atoms with Crippen molar-refractivity contribution in [2.45, 2.75) is 25.9 Å². The van der Waals surface area contributed by atoms with Crippen LogP contribution in [0.15, 0.2) is 33.9 Å². The van der Waals surface area contributed by atoms with Crippen molar-refractivity contribution >= 4 is 22.7 Å². The van der Waals surface area contributed by atoms with Gasteiger partial charge in [0.25, 0.3) is 5.56 Å². The molecule has 1 aromatic heterocycles. The van der Waals surface area contributed by atoms with E-state index in [4.69, 9.17) is 0 Å². The highest BCUT2D eigenvalue weighted by atomic mass is 16.2. The Morgan fingerprint density at radius 2 is 2.00 bits per heavy atom. The van der Waals surface area contributed by atoms with Gasteiger partial charge < -0.3 is 10.2 Å². The molecule has 0 aliphatic carbocycles. The van der Waals surface area contributed by atoms with Crippen LogP contribution in [0.5, 0.6) is 0 Å². The highest BCUT2D eigenvalue weighted by molar-refractivity contribution is 5.88. The molecule has 24 heavy (non-hydrogen) atoms. The van der Waals surface area contributed by atoms with Crippen LogP contribution < -0.4 is 16.6 Å². The lowest BCUT2D eigenvalue weighted by atomic mass is 10.2. The van der Waals surface area contributed by atoms with Gasteiger partial charge in [-0.2, -0.15) is 0 Å². The zero-order chi connectivity index (χ0) is 17.3. The van der Waals surface area contributed by atoms with Gasteiger partial charge in [0.15, 0.2) is 0 Å². The van der Waals surface area contributed by atoms with E-state index in [2.05, 4.69) is 10.3 Å². The van der Waals surface area contributed by atoms with Gasteiger partial charge in [-0.05, 0) is 19.1 Å². The Bertz CT molecular complexity index is 914. The Morgan fingerprint density at radius 1 is 1.25 bits per heavy atom. The number of hydrogen-bond donors (Lipinski definition) is 2. The van der Waals surface area contributed by atoms with Gasteiger partial charge >= 0.3 is 5.69 Å². The van der Waals surface area contributed by atoms with Crippen molar-refractivity contribution in [2.24, 2.45) is 0 Å². The lowest BCUT2D eigenvalue weighted by Gasteiger charge is -2.33. The number of hydrogen-bond acceptors (Lipinski definition) is 4. The van der Waals surface area contributed by atoms with Crippen molar-refractivity contribution in [1.29, 1.82) is 0 Å². The number of carbonyl (C=O) groups excluding carboxylic acids is 2. The number of aryl methyl sites for hydroxylation is 1. The van der Waals surface area contributed by atoms with Gasteiger partial charge in [0.05, 0.1) is 10.9 Å². The largest absolute Gasteiger partial charge is 0.353 e. The van der Waals surface area contributed by atoms with Crippen LogP contribution in [-0.2, 0) is 16.1 Å². The molecule has 1 unspecified atom stereocenters. The summed E-state index contributed by atoms with van der Waals surface area (Å²) in [4.78, 5) is 51.7. The first-order valence-electron chi connectivity index (χ1n) is 7.78. The Kier molecular flexibility index (Phi) is 4.20. The minimum absolute atomic E-state index is 0.0769. The molecule has 8 heteroatoms. The van der Waals surface area contributed by atoms with E-state index < -0.39 is 17.3 Å². The number of fused-ring (bicyclic) bond motifs is 1. The smallest absolute Gasteiger partial charge is 0.328 e. The van der Waals surface area contributed by atoms with Crippen molar-refractivity contribution in [3.8, 4) is 0 Å². The molecule has 1 saturated heterocycles. The molecule has 2 aromatic rings. The summed E-state index contributed by atoms with van der Waals surface area (Å²) < 4.78 is 1.38. The summed E-state index contributed by atoms with van der Waals surface area (Å²) >= 11 is 0. The first-order chi connectivity index (χ1) is 11.5. The second kappa shape index (κ2) is 6.31. The maximum Gasteiger partial charge on any atom is 0.328 e. The molecule has 2 N–H and O–H groups in total. The molecular weight excluding hydrogens is 312 g/mol. The van der Waals surface area contributed by atoms with Crippen molar-refractivity contribution < 1.29 is 9.59 Å². The zero-order valence-corrected chi connectivity index (χ0v) is 13.2. The number of aromatic nitrogens is 2. The van der Waals surface area contributed by atoms with Crippen molar-refractivity contribution in [1.82, 2.24) is 19.8 Å². The fraction of sp³-hybridized carbons (Fsp3) is 0.375. The van der Waals surface area contributed by atoms with E-state index >= 15 is 0 Å². The third-order valence-corrected chi connectivity index (χ3v) is 4.27. The van der Waals surface area contributed by atoms with Crippen LogP contribution in [0, 0.1) is 0 Å². The van der Waals surface area contributed by atoms with Crippen LogP contribution in [-0.4, -0.2) is 45.4 Å². The molecule has 2 amide bonds. The monoisotopic (exact) mass is 330 g/mol.